The van der Waals surface area contributed by atoms with Gasteiger partial charge >= 0.3 is 6.09 Å². The molecule has 11 nitrogen and oxygen atoms in total. The van der Waals surface area contributed by atoms with Crippen LogP contribution in [0.4, 0.5) is 16.2 Å². The van der Waals surface area contributed by atoms with Crippen molar-refractivity contribution in [2.45, 2.75) is 39.3 Å². The van der Waals surface area contributed by atoms with Gasteiger partial charge in [0.25, 0.3) is 5.91 Å². The molecule has 0 bridgehead atoms. The van der Waals surface area contributed by atoms with E-state index in [9.17, 15) is 9.59 Å². The molecule has 0 atom stereocenters. The molecule has 0 saturated carbocycles. The fraction of sp³-hybridized carbons (Fsp3) is 0.375. The molecule has 4 aromatic rings. The van der Waals surface area contributed by atoms with Crippen molar-refractivity contribution in [3.8, 4) is 10.4 Å². The van der Waals surface area contributed by atoms with Gasteiger partial charge in [-0.25, -0.2) is 9.31 Å². The van der Waals surface area contributed by atoms with Crippen molar-refractivity contribution in [2.75, 3.05) is 23.7 Å². The van der Waals surface area contributed by atoms with Gasteiger partial charge in [0.05, 0.1) is 46.1 Å². The minimum atomic E-state index is -0.545. The molecule has 0 aliphatic carbocycles. The van der Waals surface area contributed by atoms with Gasteiger partial charge in [0.1, 0.15) is 10.9 Å². The standard InChI is InChI=1S/C24H28N8O3S/c1-14-19(6-16(8-25-14)28-23(34)35-17-11-31(12-17)24(2,3)4)29-21(33)18-9-27-32-13-20(36-22(18)32)15-7-26-30(5)10-15/h6-10,13,17H,11-12H2,1-5H3,(H,28,34)(H,29,33). The van der Waals surface area contributed by atoms with E-state index < -0.39 is 6.09 Å². The molecule has 0 aromatic carbocycles. The van der Waals surface area contributed by atoms with Crippen molar-refractivity contribution < 1.29 is 14.3 Å². The smallest absolute Gasteiger partial charge is 0.412 e. The number of nitrogens with zero attached hydrogens (tertiary/aromatic N) is 6. The highest BCUT2D eigenvalue weighted by Crippen LogP contribution is 2.31. The summed E-state index contributed by atoms with van der Waals surface area (Å²) in [5.74, 6) is -0.314. The summed E-state index contributed by atoms with van der Waals surface area (Å²) >= 11 is 1.46. The number of nitrogens with one attached hydrogen (secondary N) is 2. The summed E-state index contributed by atoms with van der Waals surface area (Å²) < 4.78 is 8.90. The number of likely N-dealkylation sites (tertiary alicyclic amines) is 1. The number of hydrogen-bond donors (Lipinski definition) is 2. The third kappa shape index (κ3) is 4.82. The van der Waals surface area contributed by atoms with E-state index in [2.05, 4.69) is 51.5 Å². The molecule has 4 aromatic heterocycles. The second kappa shape index (κ2) is 9.03. The maximum atomic E-state index is 13.1. The Bertz CT molecular complexity index is 1440. The zero-order chi connectivity index (χ0) is 25.6. The molecule has 1 aliphatic rings. The maximum Gasteiger partial charge on any atom is 0.412 e. The van der Waals surface area contributed by atoms with Crippen LogP contribution in [0.25, 0.3) is 15.3 Å². The first kappa shape index (κ1) is 23.9. The summed E-state index contributed by atoms with van der Waals surface area (Å²) in [4.78, 5) is 33.7. The third-order valence-corrected chi connectivity index (χ3v) is 7.24. The van der Waals surface area contributed by atoms with E-state index in [-0.39, 0.29) is 17.6 Å². The van der Waals surface area contributed by atoms with Crippen LogP contribution in [0.5, 0.6) is 0 Å². The summed E-state index contributed by atoms with van der Waals surface area (Å²) in [7, 11) is 1.86. The number of aryl methyl sites for hydroxylation is 2. The van der Waals surface area contributed by atoms with Crippen LogP contribution >= 0.6 is 11.3 Å². The highest BCUT2D eigenvalue weighted by molar-refractivity contribution is 7.21. The van der Waals surface area contributed by atoms with Crippen molar-refractivity contribution in [3.05, 3.63) is 48.3 Å². The van der Waals surface area contributed by atoms with E-state index >= 15 is 0 Å². The lowest BCUT2D eigenvalue weighted by atomic mass is 9.99. The molecule has 0 unspecified atom stereocenters. The van der Waals surface area contributed by atoms with Crippen LogP contribution in [-0.2, 0) is 11.8 Å². The van der Waals surface area contributed by atoms with Gasteiger partial charge < -0.3 is 10.1 Å². The number of rotatable bonds is 5. The van der Waals surface area contributed by atoms with E-state index in [1.54, 1.807) is 28.4 Å². The molecule has 2 amide bonds. The highest BCUT2D eigenvalue weighted by atomic mass is 32.1. The number of thiazole rings is 1. The summed E-state index contributed by atoms with van der Waals surface area (Å²) in [5.41, 5.74) is 2.99. The molecule has 188 valence electrons. The summed E-state index contributed by atoms with van der Waals surface area (Å²) in [6, 6.07) is 1.67. The summed E-state index contributed by atoms with van der Waals surface area (Å²) in [6.07, 6.45) is 7.94. The van der Waals surface area contributed by atoms with E-state index in [4.69, 9.17) is 4.74 Å². The lowest BCUT2D eigenvalue weighted by molar-refractivity contribution is -0.0524. The van der Waals surface area contributed by atoms with Gasteiger partial charge in [0.2, 0.25) is 0 Å². The molecule has 12 heteroatoms. The Morgan fingerprint density at radius 1 is 1.11 bits per heavy atom. The number of amides is 2. The van der Waals surface area contributed by atoms with Gasteiger partial charge in [-0.2, -0.15) is 10.2 Å². The number of anilines is 2. The zero-order valence-electron chi connectivity index (χ0n) is 20.8. The van der Waals surface area contributed by atoms with Gasteiger partial charge in [0.15, 0.2) is 0 Å². The Kier molecular flexibility index (Phi) is 6.00. The SMILES string of the molecule is Cc1ncc(NC(=O)OC2CN(C(C)(C)C)C2)cc1NC(=O)c1cnn2cc(-c3cnn(C)c3)sc12. The fourth-order valence-corrected chi connectivity index (χ4v) is 4.93. The molecule has 1 saturated heterocycles. The van der Waals surface area contributed by atoms with Crippen LogP contribution in [0.3, 0.4) is 0 Å². The average molecular weight is 509 g/mol. The Balaban J connectivity index is 1.25. The fourth-order valence-electron chi connectivity index (χ4n) is 3.90. The number of carbonyl (C=O) groups excluding carboxylic acids is 2. The molecular formula is C24H28N8O3S. The second-order valence-electron chi connectivity index (χ2n) is 9.85. The molecule has 5 rings (SSSR count). The minimum absolute atomic E-state index is 0.0507. The predicted molar refractivity (Wildman–Crippen MR) is 137 cm³/mol. The van der Waals surface area contributed by atoms with Crippen LogP contribution in [-0.4, -0.2) is 66.0 Å². The number of aromatic nitrogens is 5. The Morgan fingerprint density at radius 2 is 1.89 bits per heavy atom. The van der Waals surface area contributed by atoms with Gasteiger partial charge in [-0.3, -0.25) is 24.7 Å². The lowest BCUT2D eigenvalue weighted by Crippen LogP contribution is -2.60. The Hall–Kier alpha value is -3.77. The lowest BCUT2D eigenvalue weighted by Gasteiger charge is -2.46. The first-order valence-electron chi connectivity index (χ1n) is 11.5. The van der Waals surface area contributed by atoms with Crippen molar-refractivity contribution in [3.63, 3.8) is 0 Å². The van der Waals surface area contributed by atoms with Gasteiger partial charge in [0, 0.05) is 43.6 Å². The first-order valence-corrected chi connectivity index (χ1v) is 12.4. The van der Waals surface area contributed by atoms with E-state index in [0.717, 1.165) is 15.3 Å². The monoisotopic (exact) mass is 508 g/mol. The Labute approximate surface area is 212 Å². The van der Waals surface area contributed by atoms with Crippen LogP contribution in [0.2, 0.25) is 0 Å². The number of pyridine rings is 1. The van der Waals surface area contributed by atoms with Gasteiger partial charge in [-0.1, -0.05) is 0 Å². The molecule has 0 radical (unpaired) electrons. The van der Waals surface area contributed by atoms with Crippen LogP contribution < -0.4 is 10.6 Å². The van der Waals surface area contributed by atoms with E-state index in [0.29, 0.717) is 35.7 Å². The number of hydrogen-bond acceptors (Lipinski definition) is 8. The molecule has 36 heavy (non-hydrogen) atoms. The van der Waals surface area contributed by atoms with Crippen molar-refractivity contribution in [2.24, 2.45) is 7.05 Å². The maximum absolute atomic E-state index is 13.1. The molecule has 1 fully saturated rings. The topological polar surface area (TPSA) is 119 Å². The third-order valence-electron chi connectivity index (χ3n) is 6.08. The van der Waals surface area contributed by atoms with Crippen LogP contribution in [0.1, 0.15) is 36.8 Å². The quantitative estimate of drug-likeness (QED) is 0.421. The highest BCUT2D eigenvalue weighted by Gasteiger charge is 2.36. The second-order valence-corrected chi connectivity index (χ2v) is 10.9. The van der Waals surface area contributed by atoms with Crippen molar-refractivity contribution in [1.29, 1.82) is 0 Å². The van der Waals surface area contributed by atoms with Crippen LogP contribution in [0.15, 0.2) is 37.1 Å². The van der Waals surface area contributed by atoms with Gasteiger partial charge in [-0.05, 0) is 33.8 Å². The molecule has 2 N–H and O–H groups in total. The number of carbonyl (C=O) groups is 2. The molecular weight excluding hydrogens is 480 g/mol. The summed E-state index contributed by atoms with van der Waals surface area (Å²) in [5, 5.41) is 14.1. The Morgan fingerprint density at radius 3 is 2.58 bits per heavy atom. The molecule has 0 spiro atoms. The summed E-state index contributed by atoms with van der Waals surface area (Å²) in [6.45, 7) is 9.58. The zero-order valence-corrected chi connectivity index (χ0v) is 21.6. The van der Waals surface area contributed by atoms with Gasteiger partial charge in [-0.15, -0.1) is 11.3 Å². The average Bonchev–Trinajstić information content (AvgIpc) is 3.47. The van der Waals surface area contributed by atoms with E-state index in [1.165, 1.54) is 23.7 Å². The molecule has 5 heterocycles. The minimum Gasteiger partial charge on any atom is -0.443 e. The largest absolute Gasteiger partial charge is 0.443 e. The van der Waals surface area contributed by atoms with E-state index in [1.807, 2.05) is 19.4 Å². The molecule has 1 aliphatic heterocycles. The predicted octanol–water partition coefficient (Wildman–Crippen LogP) is 3.78. The van der Waals surface area contributed by atoms with Crippen molar-refractivity contribution in [1.82, 2.24) is 29.3 Å². The first-order chi connectivity index (χ1) is 17.1. The van der Waals surface area contributed by atoms with Crippen LogP contribution in [0, 0.1) is 6.92 Å². The number of ether oxygens (including phenoxy) is 1. The number of fused-ring (bicyclic) bond motifs is 1. The normalized spacial score (nSPS) is 14.6. The van der Waals surface area contributed by atoms with Crippen molar-refractivity contribution >= 4 is 39.5 Å².